The van der Waals surface area contributed by atoms with E-state index >= 15 is 4.39 Å². The van der Waals surface area contributed by atoms with Gasteiger partial charge in [-0.05, 0) is 37.9 Å². The lowest BCUT2D eigenvalue weighted by atomic mass is 10.0. The molecule has 0 saturated carbocycles. The van der Waals surface area contributed by atoms with Crippen molar-refractivity contribution >= 4 is 22.7 Å². The number of imidazole rings is 1. The molecule has 35 heavy (non-hydrogen) atoms. The summed E-state index contributed by atoms with van der Waals surface area (Å²) in [6, 6.07) is 3.77. The molecule has 0 saturated heterocycles. The van der Waals surface area contributed by atoms with Crippen molar-refractivity contribution in [2.45, 2.75) is 13.1 Å². The van der Waals surface area contributed by atoms with Crippen LogP contribution in [0.3, 0.4) is 0 Å². The molecule has 5 aromatic rings. The van der Waals surface area contributed by atoms with Crippen LogP contribution in [0.2, 0.25) is 0 Å². The molecule has 0 unspecified atom stereocenters. The van der Waals surface area contributed by atoms with E-state index in [1.165, 1.54) is 0 Å². The number of aliphatic imine (C=N–C) groups is 1. The van der Waals surface area contributed by atoms with Gasteiger partial charge in [-0.1, -0.05) is 0 Å². The van der Waals surface area contributed by atoms with Crippen LogP contribution in [0.4, 0.5) is 4.39 Å². The summed E-state index contributed by atoms with van der Waals surface area (Å²) >= 11 is 0. The molecule has 1 aliphatic heterocycles. The fourth-order valence-corrected chi connectivity index (χ4v) is 4.28. The highest BCUT2D eigenvalue weighted by molar-refractivity contribution is 5.95. The highest BCUT2D eigenvalue weighted by Crippen LogP contribution is 2.34. The summed E-state index contributed by atoms with van der Waals surface area (Å²) in [7, 11) is 3.94. The maximum absolute atomic E-state index is 15.9. The van der Waals surface area contributed by atoms with Crippen LogP contribution in [0.15, 0.2) is 58.7 Å². The second-order valence-electron chi connectivity index (χ2n) is 8.60. The van der Waals surface area contributed by atoms with Crippen molar-refractivity contribution in [3.8, 4) is 22.8 Å². The van der Waals surface area contributed by atoms with Crippen LogP contribution >= 0.6 is 0 Å². The van der Waals surface area contributed by atoms with E-state index in [2.05, 4.69) is 30.1 Å². The zero-order valence-corrected chi connectivity index (χ0v) is 19.1. The maximum atomic E-state index is 15.9. The maximum Gasteiger partial charge on any atom is 0.161 e. The molecule has 9 nitrogen and oxygen atoms in total. The Bertz CT molecular complexity index is 1590. The van der Waals surface area contributed by atoms with Gasteiger partial charge >= 0.3 is 0 Å². The molecule has 0 amide bonds. The second-order valence-corrected chi connectivity index (χ2v) is 8.60. The summed E-state index contributed by atoms with van der Waals surface area (Å²) in [6.45, 7) is 1.11. The minimum Gasteiger partial charge on any atom is -0.472 e. The van der Waals surface area contributed by atoms with Gasteiger partial charge in [0.05, 0.1) is 47.6 Å². The number of furan rings is 1. The number of hydrogen-bond acceptors (Lipinski definition) is 7. The predicted molar refractivity (Wildman–Crippen MR) is 130 cm³/mol. The lowest BCUT2D eigenvalue weighted by Gasteiger charge is -2.10. The molecule has 6 rings (SSSR count). The van der Waals surface area contributed by atoms with Crippen LogP contribution in [-0.4, -0.2) is 55.3 Å². The van der Waals surface area contributed by atoms with Gasteiger partial charge in [-0.2, -0.15) is 5.10 Å². The lowest BCUT2D eigenvalue weighted by molar-refractivity contribution is 0.402. The minimum absolute atomic E-state index is 0.213. The van der Waals surface area contributed by atoms with Gasteiger partial charge in [-0.3, -0.25) is 20.1 Å². The summed E-state index contributed by atoms with van der Waals surface area (Å²) in [5.74, 6) is -0.0338. The van der Waals surface area contributed by atoms with Crippen LogP contribution in [0.1, 0.15) is 22.5 Å². The number of fused-ring (bicyclic) bond motifs is 2. The molecule has 6 heterocycles. The molecular weight excluding hydrogens is 447 g/mol. The number of halogens is 1. The molecule has 0 bridgehead atoms. The van der Waals surface area contributed by atoms with Gasteiger partial charge < -0.3 is 14.3 Å². The Balaban J connectivity index is 1.46. The van der Waals surface area contributed by atoms with E-state index < -0.39 is 5.82 Å². The molecule has 5 aromatic heterocycles. The Labute approximate surface area is 199 Å². The van der Waals surface area contributed by atoms with Crippen molar-refractivity contribution in [2.24, 2.45) is 4.99 Å². The number of aromatic amines is 2. The molecule has 0 atom stereocenters. The second kappa shape index (κ2) is 8.41. The quantitative estimate of drug-likeness (QED) is 0.399. The normalized spacial score (nSPS) is 13.3. The Morgan fingerprint density at radius 1 is 1.11 bits per heavy atom. The van der Waals surface area contributed by atoms with Gasteiger partial charge in [0.2, 0.25) is 0 Å². The SMILES string of the molecule is CN(C)Cc1cncc(-c2ncc3[nH]nc(-c4nc5c([nH]4)CN=CC=C5c4ccoc4)c3c2F)c1. The van der Waals surface area contributed by atoms with E-state index in [0.717, 1.165) is 28.1 Å². The molecule has 0 radical (unpaired) electrons. The molecule has 174 valence electrons. The molecule has 2 N–H and O–H groups in total. The fraction of sp³-hybridized carbons (Fsp3) is 0.160. The van der Waals surface area contributed by atoms with E-state index in [4.69, 9.17) is 9.40 Å². The number of pyridine rings is 2. The Morgan fingerprint density at radius 2 is 2.03 bits per heavy atom. The molecule has 0 aromatic carbocycles. The summed E-state index contributed by atoms with van der Waals surface area (Å²) in [5.41, 5.74) is 5.93. The summed E-state index contributed by atoms with van der Waals surface area (Å²) in [6.07, 6.45) is 11.9. The van der Waals surface area contributed by atoms with Crippen molar-refractivity contribution < 1.29 is 8.81 Å². The third-order valence-corrected chi connectivity index (χ3v) is 5.80. The standard InChI is InChI=1S/C25H21FN8O/c1-34(2)12-14-7-16(9-28-8-14)22-21(26)20-18(11-29-22)32-33-24(20)25-30-19-10-27-5-3-17(23(19)31-25)15-4-6-35-13-15/h3-9,11,13H,10,12H2,1-2H3,(H,30,31)(H,32,33). The number of nitrogens with one attached hydrogen (secondary N) is 2. The summed E-state index contributed by atoms with van der Waals surface area (Å²) in [5, 5.41) is 7.57. The number of allylic oxidation sites excluding steroid dienone is 1. The summed E-state index contributed by atoms with van der Waals surface area (Å²) in [4.78, 5) is 23.2. The third kappa shape index (κ3) is 3.73. The first-order chi connectivity index (χ1) is 17.1. The summed E-state index contributed by atoms with van der Waals surface area (Å²) < 4.78 is 21.2. The zero-order valence-electron chi connectivity index (χ0n) is 19.1. The molecule has 0 spiro atoms. The van der Waals surface area contributed by atoms with Crippen LogP contribution in [0.25, 0.3) is 39.3 Å². The Morgan fingerprint density at radius 3 is 2.86 bits per heavy atom. The van der Waals surface area contributed by atoms with Crippen LogP contribution in [0, 0.1) is 5.82 Å². The van der Waals surface area contributed by atoms with Gasteiger partial charge in [0.25, 0.3) is 0 Å². The van der Waals surface area contributed by atoms with Crippen molar-refractivity contribution in [2.75, 3.05) is 14.1 Å². The molecule has 0 fully saturated rings. The van der Waals surface area contributed by atoms with Crippen molar-refractivity contribution in [1.82, 2.24) is 35.0 Å². The topological polar surface area (TPSA) is 112 Å². The van der Waals surface area contributed by atoms with E-state index in [-0.39, 0.29) is 5.69 Å². The fourth-order valence-electron chi connectivity index (χ4n) is 4.28. The van der Waals surface area contributed by atoms with Gasteiger partial charge in [-0.15, -0.1) is 0 Å². The Kier molecular flexibility index (Phi) is 5.07. The van der Waals surface area contributed by atoms with E-state index in [1.54, 1.807) is 37.3 Å². The molecule has 0 aliphatic carbocycles. The number of nitrogens with zero attached hydrogens (tertiary/aromatic N) is 6. The van der Waals surface area contributed by atoms with Crippen LogP contribution in [-0.2, 0) is 13.1 Å². The number of aromatic nitrogens is 6. The molecule has 10 heteroatoms. The number of H-pyrrole nitrogens is 2. The van der Waals surface area contributed by atoms with E-state index in [1.807, 2.05) is 37.2 Å². The van der Waals surface area contributed by atoms with Crippen LogP contribution in [0.5, 0.6) is 0 Å². The van der Waals surface area contributed by atoms with Gasteiger partial charge in [0.1, 0.15) is 11.4 Å². The van der Waals surface area contributed by atoms with Crippen molar-refractivity contribution in [1.29, 1.82) is 0 Å². The Hall–Kier alpha value is -4.44. The predicted octanol–water partition coefficient (Wildman–Crippen LogP) is 4.22. The van der Waals surface area contributed by atoms with Gasteiger partial charge in [0, 0.05) is 41.9 Å². The first kappa shape index (κ1) is 21.1. The average molecular weight is 468 g/mol. The van der Waals surface area contributed by atoms with Crippen molar-refractivity contribution in [3.05, 3.63) is 77.7 Å². The first-order valence-corrected chi connectivity index (χ1v) is 11.0. The monoisotopic (exact) mass is 468 g/mol. The largest absolute Gasteiger partial charge is 0.472 e. The molecular formula is C25H21FN8O. The average Bonchev–Trinajstić information content (AvgIpc) is 3.58. The van der Waals surface area contributed by atoms with Gasteiger partial charge in [-0.25, -0.2) is 9.37 Å². The third-order valence-electron chi connectivity index (χ3n) is 5.80. The zero-order chi connectivity index (χ0) is 23.9. The first-order valence-electron chi connectivity index (χ1n) is 11.0. The van der Waals surface area contributed by atoms with Crippen molar-refractivity contribution in [3.63, 3.8) is 0 Å². The lowest BCUT2D eigenvalue weighted by Crippen LogP contribution is -2.10. The van der Waals surface area contributed by atoms with E-state index in [9.17, 15) is 0 Å². The van der Waals surface area contributed by atoms with Crippen LogP contribution < -0.4 is 0 Å². The highest BCUT2D eigenvalue weighted by Gasteiger charge is 2.24. The minimum atomic E-state index is -0.481. The smallest absolute Gasteiger partial charge is 0.161 e. The van der Waals surface area contributed by atoms with Gasteiger partial charge in [0.15, 0.2) is 11.6 Å². The number of rotatable bonds is 5. The van der Waals surface area contributed by atoms with E-state index in [0.29, 0.717) is 41.1 Å². The highest BCUT2D eigenvalue weighted by atomic mass is 19.1. The molecule has 1 aliphatic rings. The number of hydrogen-bond donors (Lipinski definition) is 2.